The Morgan fingerprint density at radius 1 is 1.50 bits per heavy atom. The second kappa shape index (κ2) is 7.24. The second-order valence-electron chi connectivity index (χ2n) is 5.85. The summed E-state index contributed by atoms with van der Waals surface area (Å²) in [6.07, 6.45) is 3.73. The minimum atomic E-state index is -0.546. The molecule has 0 fully saturated rings. The molecule has 1 rings (SSSR count). The van der Waals surface area contributed by atoms with Crippen LogP contribution >= 0.6 is 0 Å². The molecule has 5 nitrogen and oxygen atoms in total. The lowest BCUT2D eigenvalue weighted by Gasteiger charge is -2.24. The summed E-state index contributed by atoms with van der Waals surface area (Å²) in [6.45, 7) is 6.06. The average molecular weight is 280 g/mol. The maximum Gasteiger partial charge on any atom is 0.410 e. The Morgan fingerprint density at radius 2 is 2.20 bits per heavy atom. The summed E-state index contributed by atoms with van der Waals surface area (Å²) < 4.78 is 5.26. The van der Waals surface area contributed by atoms with Crippen LogP contribution in [0, 0.1) is 0 Å². The number of hydrogen-bond acceptors (Lipinski definition) is 4. The van der Waals surface area contributed by atoms with Crippen LogP contribution in [0.2, 0.25) is 0 Å². The molecule has 0 aliphatic rings. The lowest BCUT2D eigenvalue weighted by Crippen LogP contribution is -2.34. The summed E-state index contributed by atoms with van der Waals surface area (Å²) in [7, 11) is 1.70. The molecule has 0 aliphatic heterocycles. The molecule has 1 heterocycles. The first-order valence-corrected chi connectivity index (χ1v) is 6.81. The standard InChI is InChI=1S/C15H24N2O3/c1-15(2,3)20-14(19)17(4)10-6-8-13(18)12-7-5-9-16-11-12/h5,7,9,11,13,18H,6,8,10H2,1-4H3. The monoisotopic (exact) mass is 280 g/mol. The highest BCUT2D eigenvalue weighted by Gasteiger charge is 2.19. The zero-order valence-corrected chi connectivity index (χ0v) is 12.7. The van der Waals surface area contributed by atoms with Gasteiger partial charge in [-0.1, -0.05) is 6.07 Å². The van der Waals surface area contributed by atoms with Crippen LogP contribution in [-0.2, 0) is 4.74 Å². The molecule has 0 spiro atoms. The quantitative estimate of drug-likeness (QED) is 0.901. The zero-order chi connectivity index (χ0) is 15.2. The number of hydrogen-bond donors (Lipinski definition) is 1. The number of aliphatic hydroxyl groups is 1. The number of carbonyl (C=O) groups is 1. The lowest BCUT2D eigenvalue weighted by atomic mass is 10.1. The third-order valence-corrected chi connectivity index (χ3v) is 2.75. The van der Waals surface area contributed by atoms with Crippen LogP contribution < -0.4 is 0 Å². The van der Waals surface area contributed by atoms with Crippen LogP contribution in [0.15, 0.2) is 24.5 Å². The fraction of sp³-hybridized carbons (Fsp3) is 0.600. The van der Waals surface area contributed by atoms with Crippen LogP contribution in [0.5, 0.6) is 0 Å². The molecule has 5 heteroatoms. The lowest BCUT2D eigenvalue weighted by molar-refractivity contribution is 0.0289. The van der Waals surface area contributed by atoms with Gasteiger partial charge in [-0.2, -0.15) is 0 Å². The Balaban J connectivity index is 2.32. The van der Waals surface area contributed by atoms with Crippen molar-refractivity contribution in [2.75, 3.05) is 13.6 Å². The van der Waals surface area contributed by atoms with Crippen LogP contribution in [0.1, 0.15) is 45.3 Å². The van der Waals surface area contributed by atoms with Gasteiger partial charge in [0.2, 0.25) is 0 Å². The predicted molar refractivity (Wildman–Crippen MR) is 77.3 cm³/mol. The van der Waals surface area contributed by atoms with Crippen molar-refractivity contribution in [2.45, 2.75) is 45.3 Å². The predicted octanol–water partition coefficient (Wildman–Crippen LogP) is 2.76. The van der Waals surface area contributed by atoms with Gasteiger partial charge in [-0.25, -0.2) is 4.79 Å². The van der Waals surface area contributed by atoms with E-state index < -0.39 is 11.7 Å². The molecule has 112 valence electrons. The first-order chi connectivity index (χ1) is 9.29. The second-order valence-corrected chi connectivity index (χ2v) is 5.85. The molecule has 1 N–H and O–H groups in total. The van der Waals surface area contributed by atoms with Gasteiger partial charge in [0, 0.05) is 26.0 Å². The van der Waals surface area contributed by atoms with Crippen molar-refractivity contribution in [3.8, 4) is 0 Å². The average Bonchev–Trinajstić information content (AvgIpc) is 2.37. The van der Waals surface area contributed by atoms with E-state index in [2.05, 4.69) is 4.98 Å². The van der Waals surface area contributed by atoms with Gasteiger partial charge in [-0.15, -0.1) is 0 Å². The SMILES string of the molecule is CN(CCCC(O)c1cccnc1)C(=O)OC(C)(C)C. The molecule has 0 radical (unpaired) electrons. The molecular weight excluding hydrogens is 256 g/mol. The van der Waals surface area contributed by atoms with Gasteiger partial charge < -0.3 is 14.7 Å². The van der Waals surface area contributed by atoms with Crippen molar-refractivity contribution >= 4 is 6.09 Å². The molecule has 0 aromatic carbocycles. The van der Waals surface area contributed by atoms with E-state index in [-0.39, 0.29) is 6.09 Å². The van der Waals surface area contributed by atoms with E-state index in [1.807, 2.05) is 26.8 Å². The van der Waals surface area contributed by atoms with Crippen LogP contribution in [0.3, 0.4) is 0 Å². The summed E-state index contributed by atoms with van der Waals surface area (Å²) in [6, 6.07) is 3.64. The normalized spacial score (nSPS) is 12.8. The number of aromatic nitrogens is 1. The van der Waals surface area contributed by atoms with E-state index >= 15 is 0 Å². The number of pyridine rings is 1. The van der Waals surface area contributed by atoms with Gasteiger partial charge in [0.05, 0.1) is 6.10 Å². The minimum absolute atomic E-state index is 0.339. The smallest absolute Gasteiger partial charge is 0.410 e. The maximum atomic E-state index is 11.7. The fourth-order valence-corrected chi connectivity index (χ4v) is 1.69. The molecule has 0 saturated carbocycles. The highest BCUT2D eigenvalue weighted by molar-refractivity contribution is 5.67. The summed E-state index contributed by atoms with van der Waals surface area (Å²) >= 11 is 0. The Kier molecular flexibility index (Phi) is 5.95. The van der Waals surface area contributed by atoms with E-state index in [4.69, 9.17) is 4.74 Å². The molecule has 20 heavy (non-hydrogen) atoms. The van der Waals surface area contributed by atoms with Crippen molar-refractivity contribution in [3.05, 3.63) is 30.1 Å². The Bertz CT molecular complexity index is 415. The van der Waals surface area contributed by atoms with Crippen molar-refractivity contribution in [2.24, 2.45) is 0 Å². The van der Waals surface area contributed by atoms with E-state index in [0.717, 1.165) is 5.56 Å². The number of nitrogens with zero attached hydrogens (tertiary/aromatic N) is 2. The molecule has 1 atom stereocenters. The van der Waals surface area contributed by atoms with Crippen LogP contribution in [0.4, 0.5) is 4.79 Å². The summed E-state index contributed by atoms with van der Waals surface area (Å²) in [5.41, 5.74) is 0.313. The summed E-state index contributed by atoms with van der Waals surface area (Å²) in [5, 5.41) is 9.98. The van der Waals surface area contributed by atoms with Gasteiger partial charge in [0.25, 0.3) is 0 Å². The van der Waals surface area contributed by atoms with E-state index in [0.29, 0.717) is 19.4 Å². The van der Waals surface area contributed by atoms with E-state index in [1.54, 1.807) is 25.5 Å². The molecular formula is C15H24N2O3. The Morgan fingerprint density at radius 3 is 2.75 bits per heavy atom. The van der Waals surface area contributed by atoms with E-state index in [9.17, 15) is 9.90 Å². The van der Waals surface area contributed by atoms with Gasteiger partial charge >= 0.3 is 6.09 Å². The zero-order valence-electron chi connectivity index (χ0n) is 12.7. The third kappa shape index (κ3) is 6.02. The molecule has 1 aromatic rings. The fourth-order valence-electron chi connectivity index (χ4n) is 1.69. The molecule has 0 aliphatic carbocycles. The number of amides is 1. The largest absolute Gasteiger partial charge is 0.444 e. The number of ether oxygens (including phenoxy) is 1. The first kappa shape index (κ1) is 16.4. The Hall–Kier alpha value is -1.62. The highest BCUT2D eigenvalue weighted by atomic mass is 16.6. The van der Waals surface area contributed by atoms with Gasteiger partial charge in [-0.3, -0.25) is 4.98 Å². The molecule has 1 amide bonds. The molecule has 1 aromatic heterocycles. The van der Waals surface area contributed by atoms with Gasteiger partial charge in [0.1, 0.15) is 5.60 Å². The third-order valence-electron chi connectivity index (χ3n) is 2.75. The topological polar surface area (TPSA) is 62.7 Å². The summed E-state index contributed by atoms with van der Waals surface area (Å²) in [4.78, 5) is 17.2. The first-order valence-electron chi connectivity index (χ1n) is 6.81. The van der Waals surface area contributed by atoms with Crippen LogP contribution in [-0.4, -0.2) is 40.3 Å². The molecule has 1 unspecified atom stereocenters. The molecule has 0 bridgehead atoms. The number of carbonyl (C=O) groups excluding carboxylic acids is 1. The highest BCUT2D eigenvalue weighted by Crippen LogP contribution is 2.17. The number of rotatable bonds is 5. The van der Waals surface area contributed by atoms with Gasteiger partial charge in [-0.05, 0) is 45.2 Å². The Labute approximate surface area is 120 Å². The van der Waals surface area contributed by atoms with Crippen molar-refractivity contribution in [3.63, 3.8) is 0 Å². The van der Waals surface area contributed by atoms with Gasteiger partial charge in [0.15, 0.2) is 0 Å². The van der Waals surface area contributed by atoms with Crippen molar-refractivity contribution in [1.29, 1.82) is 0 Å². The summed E-state index contributed by atoms with van der Waals surface area (Å²) in [5.74, 6) is 0. The van der Waals surface area contributed by atoms with Crippen LogP contribution in [0.25, 0.3) is 0 Å². The van der Waals surface area contributed by atoms with Crippen molar-refractivity contribution in [1.82, 2.24) is 9.88 Å². The van der Waals surface area contributed by atoms with E-state index in [1.165, 1.54) is 4.90 Å². The number of aliphatic hydroxyl groups excluding tert-OH is 1. The molecule has 0 saturated heterocycles. The van der Waals surface area contributed by atoms with Crippen molar-refractivity contribution < 1.29 is 14.6 Å². The maximum absolute atomic E-state index is 11.7. The minimum Gasteiger partial charge on any atom is -0.444 e.